The van der Waals surface area contributed by atoms with Crippen molar-refractivity contribution in [3.63, 3.8) is 0 Å². The Morgan fingerprint density at radius 1 is 1.35 bits per heavy atom. The van der Waals surface area contributed by atoms with Crippen molar-refractivity contribution >= 4 is 17.2 Å². The second-order valence-electron chi connectivity index (χ2n) is 4.54. The standard InChI is InChI=1S/C15H18N2O2S/c1-11-6-4-5-7-13(11)14(18)16-15-17(8-9-19-3)10-12(2)20-15/h4-7,10H,8-9H2,1-3H3. The van der Waals surface area contributed by atoms with Gasteiger partial charge in [-0.3, -0.25) is 4.79 Å². The maximum atomic E-state index is 12.3. The third kappa shape index (κ3) is 3.43. The van der Waals surface area contributed by atoms with Crippen LogP contribution in [0.3, 0.4) is 0 Å². The largest absolute Gasteiger partial charge is 0.383 e. The molecule has 2 aromatic rings. The van der Waals surface area contributed by atoms with Gasteiger partial charge in [-0.25, -0.2) is 0 Å². The first-order valence-electron chi connectivity index (χ1n) is 6.42. The topological polar surface area (TPSA) is 43.6 Å². The second-order valence-corrected chi connectivity index (χ2v) is 5.76. The van der Waals surface area contributed by atoms with Crippen molar-refractivity contribution in [1.29, 1.82) is 0 Å². The van der Waals surface area contributed by atoms with Gasteiger partial charge in [-0.2, -0.15) is 4.99 Å². The first-order valence-corrected chi connectivity index (χ1v) is 7.24. The monoisotopic (exact) mass is 290 g/mol. The van der Waals surface area contributed by atoms with Crippen molar-refractivity contribution in [2.75, 3.05) is 13.7 Å². The molecule has 0 atom stereocenters. The van der Waals surface area contributed by atoms with Crippen LogP contribution in [-0.2, 0) is 11.3 Å². The highest BCUT2D eigenvalue weighted by atomic mass is 32.1. The quantitative estimate of drug-likeness (QED) is 0.868. The van der Waals surface area contributed by atoms with Crippen LogP contribution in [0, 0.1) is 13.8 Å². The fourth-order valence-electron chi connectivity index (χ4n) is 1.90. The summed E-state index contributed by atoms with van der Waals surface area (Å²) >= 11 is 1.51. The zero-order valence-corrected chi connectivity index (χ0v) is 12.7. The van der Waals surface area contributed by atoms with Gasteiger partial charge in [0.1, 0.15) is 0 Å². The van der Waals surface area contributed by atoms with E-state index in [-0.39, 0.29) is 5.91 Å². The first kappa shape index (κ1) is 14.7. The van der Waals surface area contributed by atoms with Crippen LogP contribution in [0.4, 0.5) is 0 Å². The summed E-state index contributed by atoms with van der Waals surface area (Å²) in [6.45, 7) is 5.22. The van der Waals surface area contributed by atoms with Gasteiger partial charge >= 0.3 is 0 Å². The molecule has 0 unspecified atom stereocenters. The maximum Gasteiger partial charge on any atom is 0.279 e. The van der Waals surface area contributed by atoms with E-state index in [1.54, 1.807) is 13.2 Å². The lowest BCUT2D eigenvalue weighted by molar-refractivity contribution is 0.0996. The lowest BCUT2D eigenvalue weighted by Crippen LogP contribution is -2.18. The molecule has 0 radical (unpaired) electrons. The minimum Gasteiger partial charge on any atom is -0.383 e. The lowest BCUT2D eigenvalue weighted by atomic mass is 10.1. The number of hydrogen-bond donors (Lipinski definition) is 0. The molecular formula is C15H18N2O2S. The van der Waals surface area contributed by atoms with E-state index in [9.17, 15) is 4.79 Å². The highest BCUT2D eigenvalue weighted by Gasteiger charge is 2.08. The third-order valence-electron chi connectivity index (χ3n) is 2.94. The molecule has 2 rings (SSSR count). The highest BCUT2D eigenvalue weighted by Crippen LogP contribution is 2.09. The van der Waals surface area contributed by atoms with Gasteiger partial charge in [0.05, 0.1) is 6.61 Å². The molecule has 20 heavy (non-hydrogen) atoms. The van der Waals surface area contributed by atoms with E-state index >= 15 is 0 Å². The van der Waals surface area contributed by atoms with Crippen molar-refractivity contribution in [1.82, 2.24) is 4.57 Å². The Bertz CT molecular complexity index is 671. The molecule has 0 N–H and O–H groups in total. The first-order chi connectivity index (χ1) is 9.61. The minimum atomic E-state index is -0.198. The van der Waals surface area contributed by atoms with E-state index in [1.165, 1.54) is 11.3 Å². The molecular weight excluding hydrogens is 272 g/mol. The Kier molecular flexibility index (Phi) is 4.87. The smallest absolute Gasteiger partial charge is 0.279 e. The zero-order chi connectivity index (χ0) is 14.5. The summed E-state index contributed by atoms with van der Waals surface area (Å²) in [5.41, 5.74) is 1.59. The molecule has 0 aliphatic carbocycles. The summed E-state index contributed by atoms with van der Waals surface area (Å²) in [6, 6.07) is 7.50. The van der Waals surface area contributed by atoms with Gasteiger partial charge in [0.15, 0.2) is 4.80 Å². The molecule has 0 aliphatic heterocycles. The normalized spacial score (nSPS) is 11.8. The Balaban J connectivity index is 2.35. The molecule has 106 valence electrons. The summed E-state index contributed by atoms with van der Waals surface area (Å²) in [5, 5.41) is 0. The van der Waals surface area contributed by atoms with Crippen LogP contribution in [0.15, 0.2) is 35.5 Å². The van der Waals surface area contributed by atoms with E-state index in [0.29, 0.717) is 23.5 Å². The lowest BCUT2D eigenvalue weighted by Gasteiger charge is -2.02. The van der Waals surface area contributed by atoms with Crippen LogP contribution in [0.2, 0.25) is 0 Å². The number of methoxy groups -OCH3 is 1. The van der Waals surface area contributed by atoms with Gasteiger partial charge < -0.3 is 9.30 Å². The van der Waals surface area contributed by atoms with Gasteiger partial charge in [-0.1, -0.05) is 18.2 Å². The molecule has 1 heterocycles. The van der Waals surface area contributed by atoms with Crippen molar-refractivity contribution < 1.29 is 9.53 Å². The summed E-state index contributed by atoms with van der Waals surface area (Å²) in [6.07, 6.45) is 1.99. The SMILES string of the molecule is COCCn1cc(C)sc1=NC(=O)c1ccccc1C. The van der Waals surface area contributed by atoms with Crippen LogP contribution in [-0.4, -0.2) is 24.2 Å². The van der Waals surface area contributed by atoms with Crippen molar-refractivity contribution in [2.24, 2.45) is 4.99 Å². The van der Waals surface area contributed by atoms with E-state index in [2.05, 4.69) is 4.99 Å². The summed E-state index contributed by atoms with van der Waals surface area (Å²) in [5.74, 6) is -0.198. The zero-order valence-electron chi connectivity index (χ0n) is 11.9. The van der Waals surface area contributed by atoms with E-state index in [4.69, 9.17) is 4.74 Å². The number of ether oxygens (including phenoxy) is 1. The average molecular weight is 290 g/mol. The molecule has 0 saturated heterocycles. The van der Waals surface area contributed by atoms with Gasteiger partial charge in [0.25, 0.3) is 5.91 Å². The molecule has 0 fully saturated rings. The number of thiazole rings is 1. The molecule has 5 heteroatoms. The molecule has 1 amide bonds. The summed E-state index contributed by atoms with van der Waals surface area (Å²) in [4.78, 5) is 18.4. The Morgan fingerprint density at radius 3 is 2.80 bits per heavy atom. The van der Waals surface area contributed by atoms with Crippen LogP contribution >= 0.6 is 11.3 Å². The molecule has 0 aliphatic rings. The molecule has 0 saturated carbocycles. The Labute approximate surface area is 122 Å². The number of aryl methyl sites for hydroxylation is 2. The molecule has 1 aromatic heterocycles. The van der Waals surface area contributed by atoms with Crippen LogP contribution in [0.5, 0.6) is 0 Å². The number of amides is 1. The average Bonchev–Trinajstić information content (AvgIpc) is 2.76. The van der Waals surface area contributed by atoms with Gasteiger partial charge in [0.2, 0.25) is 0 Å². The van der Waals surface area contributed by atoms with Gasteiger partial charge in [-0.15, -0.1) is 11.3 Å². The van der Waals surface area contributed by atoms with Gasteiger partial charge in [0, 0.05) is 30.3 Å². The van der Waals surface area contributed by atoms with Crippen molar-refractivity contribution in [3.05, 3.63) is 51.3 Å². The molecule has 1 aromatic carbocycles. The number of carbonyl (C=O) groups is 1. The molecule has 0 spiro atoms. The fraction of sp³-hybridized carbons (Fsp3) is 0.333. The fourth-order valence-corrected chi connectivity index (χ4v) is 2.76. The summed E-state index contributed by atoms with van der Waals surface area (Å²) in [7, 11) is 1.66. The number of aromatic nitrogens is 1. The number of carbonyl (C=O) groups excluding carboxylic acids is 1. The number of hydrogen-bond acceptors (Lipinski definition) is 3. The van der Waals surface area contributed by atoms with E-state index in [1.807, 2.05) is 42.8 Å². The highest BCUT2D eigenvalue weighted by molar-refractivity contribution is 7.09. The number of benzene rings is 1. The van der Waals surface area contributed by atoms with Crippen molar-refractivity contribution in [3.8, 4) is 0 Å². The maximum absolute atomic E-state index is 12.3. The number of rotatable bonds is 4. The number of nitrogens with zero attached hydrogens (tertiary/aromatic N) is 2. The minimum absolute atomic E-state index is 0.198. The molecule has 4 nitrogen and oxygen atoms in total. The summed E-state index contributed by atoms with van der Waals surface area (Å²) < 4.78 is 7.03. The Morgan fingerprint density at radius 2 is 2.10 bits per heavy atom. The third-order valence-corrected chi connectivity index (χ3v) is 3.88. The van der Waals surface area contributed by atoms with E-state index in [0.717, 1.165) is 10.4 Å². The van der Waals surface area contributed by atoms with Crippen LogP contribution < -0.4 is 4.80 Å². The Hall–Kier alpha value is -1.72. The van der Waals surface area contributed by atoms with Gasteiger partial charge in [-0.05, 0) is 25.5 Å². The van der Waals surface area contributed by atoms with Crippen LogP contribution in [0.25, 0.3) is 0 Å². The molecule has 0 bridgehead atoms. The van der Waals surface area contributed by atoms with E-state index < -0.39 is 0 Å². The predicted molar refractivity (Wildman–Crippen MR) is 80.0 cm³/mol. The second kappa shape index (κ2) is 6.63. The van der Waals surface area contributed by atoms with Crippen molar-refractivity contribution in [2.45, 2.75) is 20.4 Å². The predicted octanol–water partition coefficient (Wildman–Crippen LogP) is 2.55. The van der Waals surface area contributed by atoms with Crippen LogP contribution in [0.1, 0.15) is 20.8 Å².